The van der Waals surface area contributed by atoms with Gasteiger partial charge in [-0.25, -0.2) is 4.79 Å². The van der Waals surface area contributed by atoms with E-state index < -0.39 is 11.5 Å². The Balaban J connectivity index is 1.77. The van der Waals surface area contributed by atoms with Crippen LogP contribution in [0, 0.1) is 6.92 Å². The number of aromatic nitrogens is 2. The van der Waals surface area contributed by atoms with Crippen LogP contribution in [0.2, 0.25) is 0 Å². The molecule has 0 spiro atoms. The molecular weight excluding hydrogens is 370 g/mol. The predicted molar refractivity (Wildman–Crippen MR) is 108 cm³/mol. The van der Waals surface area contributed by atoms with Crippen LogP contribution < -0.4 is 15.7 Å². The van der Waals surface area contributed by atoms with E-state index in [0.717, 1.165) is 11.1 Å². The summed E-state index contributed by atoms with van der Waals surface area (Å²) < 4.78 is 10.7. The van der Waals surface area contributed by atoms with E-state index in [1.807, 2.05) is 19.1 Å². The van der Waals surface area contributed by atoms with Gasteiger partial charge in [-0.1, -0.05) is 12.1 Å². The van der Waals surface area contributed by atoms with E-state index in [1.54, 1.807) is 43.5 Å². The van der Waals surface area contributed by atoms with Gasteiger partial charge >= 0.3 is 5.63 Å². The number of H-pyrrole nitrogens is 1. The molecule has 144 valence electrons. The smallest absolute Gasteiger partial charge is 0.342 e. The van der Waals surface area contributed by atoms with Crippen molar-refractivity contribution in [3.8, 4) is 5.75 Å². The number of carbonyl (C=O) groups excluding carboxylic acids is 1. The van der Waals surface area contributed by atoms with Crippen molar-refractivity contribution < 1.29 is 13.9 Å². The molecule has 0 saturated carbocycles. The zero-order valence-corrected chi connectivity index (χ0v) is 15.8. The fraction of sp³-hybridized carbons (Fsp3) is 0.136. The van der Waals surface area contributed by atoms with E-state index >= 15 is 0 Å². The molecule has 0 bridgehead atoms. The first kappa shape index (κ1) is 17.2. The number of fused-ring (bicyclic) bond motifs is 4. The third-order valence-electron chi connectivity index (χ3n) is 5.30. The van der Waals surface area contributed by atoms with Crippen molar-refractivity contribution in [3.05, 3.63) is 81.3 Å². The molecule has 2 aromatic heterocycles. The number of ether oxygens (including phenoxy) is 1. The predicted octanol–water partition coefficient (Wildman–Crippen LogP) is 3.90. The molecule has 0 fully saturated rings. The third kappa shape index (κ3) is 2.55. The first-order valence-electron chi connectivity index (χ1n) is 9.14. The molecule has 0 radical (unpaired) electrons. The Hall–Kier alpha value is -3.87. The number of carbonyl (C=O) groups is 1. The maximum absolute atomic E-state index is 13.6. The molecule has 1 atom stereocenters. The number of hydrogen-bond acceptors (Lipinski definition) is 6. The van der Waals surface area contributed by atoms with Crippen LogP contribution in [0.5, 0.6) is 5.75 Å². The summed E-state index contributed by atoms with van der Waals surface area (Å²) in [4.78, 5) is 26.5. The number of nitrogens with one attached hydrogen (secondary N) is 2. The molecule has 4 aromatic rings. The van der Waals surface area contributed by atoms with Crippen molar-refractivity contribution in [1.82, 2.24) is 10.2 Å². The van der Waals surface area contributed by atoms with Gasteiger partial charge in [-0.3, -0.25) is 9.89 Å². The highest BCUT2D eigenvalue weighted by Crippen LogP contribution is 2.44. The van der Waals surface area contributed by atoms with Gasteiger partial charge in [-0.15, -0.1) is 0 Å². The maximum Gasteiger partial charge on any atom is 0.342 e. The molecule has 5 rings (SSSR count). The second-order valence-corrected chi connectivity index (χ2v) is 6.94. The van der Waals surface area contributed by atoms with Gasteiger partial charge in [-0.2, -0.15) is 5.10 Å². The minimum atomic E-state index is -0.825. The van der Waals surface area contributed by atoms with Crippen molar-refractivity contribution in [1.29, 1.82) is 0 Å². The molecule has 1 aliphatic heterocycles. The van der Waals surface area contributed by atoms with Gasteiger partial charge in [0.05, 0.1) is 24.3 Å². The summed E-state index contributed by atoms with van der Waals surface area (Å²) in [5.74, 6) is 0.161. The Morgan fingerprint density at radius 1 is 1.10 bits per heavy atom. The third-order valence-corrected chi connectivity index (χ3v) is 5.30. The van der Waals surface area contributed by atoms with Gasteiger partial charge in [0.2, 0.25) is 0 Å². The summed E-state index contributed by atoms with van der Waals surface area (Å²) in [6.45, 7) is 1.83. The number of benzene rings is 2. The van der Waals surface area contributed by atoms with Gasteiger partial charge in [-0.05, 0) is 43.3 Å². The number of nitrogens with zero attached hydrogens (tertiary/aromatic N) is 1. The maximum atomic E-state index is 13.6. The van der Waals surface area contributed by atoms with Gasteiger partial charge in [0.15, 0.2) is 11.6 Å². The highest BCUT2D eigenvalue weighted by molar-refractivity contribution is 6.08. The monoisotopic (exact) mass is 387 g/mol. The molecule has 0 saturated heterocycles. The second-order valence-electron chi connectivity index (χ2n) is 6.94. The Morgan fingerprint density at radius 2 is 1.86 bits per heavy atom. The number of methoxy groups -OCH3 is 1. The lowest BCUT2D eigenvalue weighted by atomic mass is 9.82. The number of aromatic amines is 1. The minimum Gasteiger partial charge on any atom is -0.497 e. The molecule has 0 amide bonds. The molecule has 7 heteroatoms. The lowest BCUT2D eigenvalue weighted by Crippen LogP contribution is -2.27. The van der Waals surface area contributed by atoms with E-state index in [0.29, 0.717) is 39.5 Å². The van der Waals surface area contributed by atoms with Crippen molar-refractivity contribution in [2.75, 3.05) is 12.4 Å². The van der Waals surface area contributed by atoms with E-state index in [4.69, 9.17) is 9.15 Å². The van der Waals surface area contributed by atoms with Crippen LogP contribution in [0.3, 0.4) is 0 Å². The Labute approximate surface area is 165 Å². The number of anilines is 2. The summed E-state index contributed by atoms with van der Waals surface area (Å²) >= 11 is 0. The van der Waals surface area contributed by atoms with Crippen molar-refractivity contribution >= 4 is 28.3 Å². The van der Waals surface area contributed by atoms with Crippen molar-refractivity contribution in [3.63, 3.8) is 0 Å². The summed E-state index contributed by atoms with van der Waals surface area (Å²) in [7, 11) is 1.57. The minimum absolute atomic E-state index is 0.205. The fourth-order valence-corrected chi connectivity index (χ4v) is 3.89. The van der Waals surface area contributed by atoms with Crippen molar-refractivity contribution in [2.45, 2.75) is 12.8 Å². The van der Waals surface area contributed by atoms with Gasteiger partial charge in [0, 0.05) is 22.2 Å². The number of para-hydroxylation sites is 1. The van der Waals surface area contributed by atoms with Crippen LogP contribution in [0.15, 0.2) is 57.7 Å². The van der Waals surface area contributed by atoms with Gasteiger partial charge in [0.1, 0.15) is 11.3 Å². The largest absolute Gasteiger partial charge is 0.497 e. The van der Waals surface area contributed by atoms with Crippen LogP contribution in [0.4, 0.5) is 11.5 Å². The quantitative estimate of drug-likeness (QED) is 0.409. The average molecular weight is 387 g/mol. The summed E-state index contributed by atoms with van der Waals surface area (Å²) in [6, 6.07) is 14.1. The first-order chi connectivity index (χ1) is 14.1. The van der Waals surface area contributed by atoms with Gasteiger partial charge in [0.25, 0.3) is 0 Å². The number of hydrogen-bond donors (Lipinski definition) is 2. The number of rotatable bonds is 3. The standard InChI is InChI=1S/C22H17N3O4/c1-11-16-17(20(26)12-7-9-13(28-2)10-8-12)18-19(23-21(16)25-24-11)14-5-3-4-6-15(14)29-22(18)27/h3-10,17H,1-2H3,(H2,23,24,25). The highest BCUT2D eigenvalue weighted by Gasteiger charge is 2.38. The first-order valence-corrected chi connectivity index (χ1v) is 9.14. The zero-order chi connectivity index (χ0) is 20.1. The Kier molecular flexibility index (Phi) is 3.77. The van der Waals surface area contributed by atoms with Crippen LogP contribution >= 0.6 is 0 Å². The van der Waals surface area contributed by atoms with Crippen LogP contribution in [0.25, 0.3) is 11.0 Å². The normalized spacial score (nSPS) is 14.8. The molecule has 2 N–H and O–H groups in total. The van der Waals surface area contributed by atoms with Crippen LogP contribution in [0.1, 0.15) is 33.1 Å². The Morgan fingerprint density at radius 3 is 2.62 bits per heavy atom. The van der Waals surface area contributed by atoms with E-state index in [-0.39, 0.29) is 5.78 Å². The van der Waals surface area contributed by atoms with E-state index in [2.05, 4.69) is 15.5 Å². The molecule has 1 unspecified atom stereocenters. The van der Waals surface area contributed by atoms with Crippen LogP contribution in [-0.4, -0.2) is 23.1 Å². The van der Waals surface area contributed by atoms with Crippen LogP contribution in [-0.2, 0) is 0 Å². The number of ketones is 1. The van der Waals surface area contributed by atoms with E-state index in [1.165, 1.54) is 0 Å². The summed E-state index contributed by atoms with van der Waals surface area (Å²) in [5.41, 5.74) is 2.62. The summed E-state index contributed by atoms with van der Waals surface area (Å²) in [5, 5.41) is 11.2. The molecule has 2 aromatic carbocycles. The van der Waals surface area contributed by atoms with E-state index in [9.17, 15) is 9.59 Å². The fourth-order valence-electron chi connectivity index (χ4n) is 3.89. The van der Waals surface area contributed by atoms with Crippen molar-refractivity contribution in [2.24, 2.45) is 0 Å². The average Bonchev–Trinajstić information content (AvgIpc) is 3.12. The molecule has 29 heavy (non-hydrogen) atoms. The molecule has 7 nitrogen and oxygen atoms in total. The lowest BCUT2D eigenvalue weighted by molar-refractivity contribution is 0.0972. The molecule has 1 aliphatic rings. The Bertz CT molecular complexity index is 1320. The molecule has 3 heterocycles. The zero-order valence-electron chi connectivity index (χ0n) is 15.8. The molecule has 0 aliphatic carbocycles. The topological polar surface area (TPSA) is 97.2 Å². The number of Topliss-reactive ketones (excluding diaryl/α,β-unsaturated/α-hetero) is 1. The van der Waals surface area contributed by atoms with Gasteiger partial charge < -0.3 is 14.5 Å². The SMILES string of the molecule is COc1ccc(C(=O)C2c3c(n[nH]c3C)Nc3c2c(=O)oc2ccccc32)cc1. The highest BCUT2D eigenvalue weighted by atomic mass is 16.5. The summed E-state index contributed by atoms with van der Waals surface area (Å²) in [6.07, 6.45) is 0. The lowest BCUT2D eigenvalue weighted by Gasteiger charge is -2.25. The molecular formula is C22H17N3O4. The number of aryl methyl sites for hydroxylation is 1. The second kappa shape index (κ2) is 6.34.